The van der Waals surface area contributed by atoms with Crippen LogP contribution in [0.2, 0.25) is 0 Å². The van der Waals surface area contributed by atoms with Gasteiger partial charge in [0.2, 0.25) is 0 Å². The number of hydrogen-bond donors (Lipinski definition) is 2. The fraction of sp³-hybridized carbons (Fsp3) is 0.375. The first-order valence-electron chi connectivity index (χ1n) is 7.37. The summed E-state index contributed by atoms with van der Waals surface area (Å²) < 4.78 is 1.80. The van der Waals surface area contributed by atoms with Gasteiger partial charge in [-0.25, -0.2) is 4.68 Å². The second kappa shape index (κ2) is 7.42. The van der Waals surface area contributed by atoms with Gasteiger partial charge < -0.3 is 10.6 Å². The predicted octanol–water partition coefficient (Wildman–Crippen LogP) is 2.08. The maximum atomic E-state index is 12.4. The smallest absolute Gasteiger partial charge is 0.255 e. The minimum atomic E-state index is -0.0385. The topological polar surface area (TPSA) is 59.0 Å². The molecule has 1 aromatic heterocycles. The predicted molar refractivity (Wildman–Crippen MR) is 88.9 cm³/mol. The minimum absolute atomic E-state index is 0. The van der Waals surface area contributed by atoms with Crippen LogP contribution >= 0.6 is 12.4 Å². The summed E-state index contributed by atoms with van der Waals surface area (Å²) in [6.07, 6.45) is 3.78. The van der Waals surface area contributed by atoms with Gasteiger partial charge in [-0.2, -0.15) is 5.10 Å². The van der Waals surface area contributed by atoms with Crippen molar-refractivity contribution in [1.29, 1.82) is 0 Å². The van der Waals surface area contributed by atoms with E-state index in [0.29, 0.717) is 5.56 Å². The molecule has 0 spiro atoms. The van der Waals surface area contributed by atoms with Gasteiger partial charge in [0, 0.05) is 12.6 Å². The van der Waals surface area contributed by atoms with Crippen molar-refractivity contribution in [3.63, 3.8) is 0 Å². The molecule has 118 valence electrons. The highest BCUT2D eigenvalue weighted by molar-refractivity contribution is 5.95. The first-order chi connectivity index (χ1) is 10.3. The number of aromatic nitrogens is 2. The summed E-state index contributed by atoms with van der Waals surface area (Å²) in [4.78, 5) is 12.4. The first-order valence-corrected chi connectivity index (χ1v) is 7.37. The van der Waals surface area contributed by atoms with Gasteiger partial charge in [-0.3, -0.25) is 4.79 Å². The van der Waals surface area contributed by atoms with Crippen LogP contribution in [-0.2, 0) is 0 Å². The number of rotatable bonds is 3. The van der Waals surface area contributed by atoms with Crippen molar-refractivity contribution >= 4 is 18.3 Å². The second-order valence-electron chi connectivity index (χ2n) is 5.41. The molecule has 1 aliphatic heterocycles. The Labute approximate surface area is 136 Å². The van der Waals surface area contributed by atoms with Gasteiger partial charge in [0.05, 0.1) is 23.1 Å². The highest BCUT2D eigenvalue weighted by atomic mass is 35.5. The fourth-order valence-corrected chi connectivity index (χ4v) is 2.70. The van der Waals surface area contributed by atoms with Crippen LogP contribution < -0.4 is 10.6 Å². The standard InChI is InChI=1S/C16H20N4O.ClH/c1-12-15(16(21)19-13-6-5-9-17-10-13)11-18-20(12)14-7-3-2-4-8-14;/h2-4,7-8,11,13,17H,5-6,9-10H2,1H3,(H,19,21);1H. The first kappa shape index (κ1) is 16.5. The number of nitrogens with one attached hydrogen (secondary N) is 2. The lowest BCUT2D eigenvalue weighted by molar-refractivity contribution is 0.0930. The molecule has 0 aliphatic carbocycles. The third-order valence-electron chi connectivity index (χ3n) is 3.89. The van der Waals surface area contributed by atoms with E-state index in [1.54, 1.807) is 10.9 Å². The van der Waals surface area contributed by atoms with Crippen LogP contribution in [0, 0.1) is 6.92 Å². The molecule has 1 aromatic carbocycles. The Morgan fingerprint density at radius 2 is 2.14 bits per heavy atom. The Bertz CT molecular complexity index is 620. The molecular formula is C16H21ClN4O. The zero-order chi connectivity index (χ0) is 14.7. The van der Waals surface area contributed by atoms with E-state index >= 15 is 0 Å². The summed E-state index contributed by atoms with van der Waals surface area (Å²) in [6, 6.07) is 10.1. The van der Waals surface area contributed by atoms with E-state index in [4.69, 9.17) is 0 Å². The Morgan fingerprint density at radius 3 is 2.82 bits per heavy atom. The zero-order valence-corrected chi connectivity index (χ0v) is 13.4. The SMILES string of the molecule is Cc1c(C(=O)NC2CCCNC2)cnn1-c1ccccc1.Cl. The van der Waals surface area contributed by atoms with Crippen molar-refractivity contribution in [2.75, 3.05) is 13.1 Å². The van der Waals surface area contributed by atoms with Gasteiger partial charge in [-0.05, 0) is 38.4 Å². The number of amides is 1. The van der Waals surface area contributed by atoms with E-state index in [1.807, 2.05) is 37.3 Å². The van der Waals surface area contributed by atoms with Crippen LogP contribution in [0.15, 0.2) is 36.5 Å². The third-order valence-corrected chi connectivity index (χ3v) is 3.89. The third kappa shape index (κ3) is 3.48. The highest BCUT2D eigenvalue weighted by Gasteiger charge is 2.19. The molecule has 22 heavy (non-hydrogen) atoms. The van der Waals surface area contributed by atoms with Gasteiger partial charge in [-0.1, -0.05) is 18.2 Å². The van der Waals surface area contributed by atoms with Gasteiger partial charge in [0.15, 0.2) is 0 Å². The molecule has 2 N–H and O–H groups in total. The van der Waals surface area contributed by atoms with Crippen molar-refractivity contribution in [3.8, 4) is 5.69 Å². The molecule has 0 bridgehead atoms. The van der Waals surface area contributed by atoms with Gasteiger partial charge >= 0.3 is 0 Å². The lowest BCUT2D eigenvalue weighted by Gasteiger charge is -2.23. The van der Waals surface area contributed by atoms with E-state index in [1.165, 1.54) is 0 Å². The Balaban J connectivity index is 0.00000176. The molecule has 5 nitrogen and oxygen atoms in total. The van der Waals surface area contributed by atoms with Crippen LogP contribution in [-0.4, -0.2) is 34.8 Å². The molecule has 0 saturated carbocycles. The van der Waals surface area contributed by atoms with Crippen LogP contribution in [0.4, 0.5) is 0 Å². The summed E-state index contributed by atoms with van der Waals surface area (Å²) in [5, 5.41) is 10.7. The number of halogens is 1. The van der Waals surface area contributed by atoms with E-state index in [9.17, 15) is 4.79 Å². The van der Waals surface area contributed by atoms with Crippen LogP contribution in [0.3, 0.4) is 0 Å². The van der Waals surface area contributed by atoms with Gasteiger partial charge in [0.25, 0.3) is 5.91 Å². The molecule has 0 radical (unpaired) electrons. The summed E-state index contributed by atoms with van der Waals surface area (Å²) in [5.41, 5.74) is 2.47. The Morgan fingerprint density at radius 1 is 1.36 bits per heavy atom. The molecule has 1 aliphatic rings. The Hall–Kier alpha value is -1.85. The van der Waals surface area contributed by atoms with Gasteiger partial charge in [-0.15, -0.1) is 12.4 Å². The average Bonchev–Trinajstić information content (AvgIpc) is 2.91. The number of carbonyl (C=O) groups is 1. The molecule has 3 rings (SSSR count). The summed E-state index contributed by atoms with van der Waals surface area (Å²) in [5.74, 6) is -0.0385. The van der Waals surface area contributed by atoms with Crippen LogP contribution in [0.1, 0.15) is 28.9 Å². The Kier molecular flexibility index (Phi) is 5.57. The molecule has 1 atom stereocenters. The molecular weight excluding hydrogens is 300 g/mol. The van der Waals surface area contributed by atoms with E-state index in [-0.39, 0.29) is 24.4 Å². The molecule has 6 heteroatoms. The number of hydrogen-bond acceptors (Lipinski definition) is 3. The van der Waals surface area contributed by atoms with Crippen molar-refractivity contribution in [3.05, 3.63) is 47.8 Å². The number of benzene rings is 1. The number of para-hydroxylation sites is 1. The molecule has 1 saturated heterocycles. The maximum absolute atomic E-state index is 12.4. The summed E-state index contributed by atoms with van der Waals surface area (Å²) in [7, 11) is 0. The minimum Gasteiger partial charge on any atom is -0.348 e. The van der Waals surface area contributed by atoms with Crippen LogP contribution in [0.25, 0.3) is 5.69 Å². The van der Waals surface area contributed by atoms with Crippen LogP contribution in [0.5, 0.6) is 0 Å². The van der Waals surface area contributed by atoms with Gasteiger partial charge in [0.1, 0.15) is 0 Å². The lowest BCUT2D eigenvalue weighted by atomic mass is 10.1. The number of piperidine rings is 1. The fourth-order valence-electron chi connectivity index (χ4n) is 2.70. The number of carbonyl (C=O) groups excluding carboxylic acids is 1. The van der Waals surface area contributed by atoms with E-state index < -0.39 is 0 Å². The van der Waals surface area contributed by atoms with Crippen molar-refractivity contribution < 1.29 is 4.79 Å². The number of nitrogens with zero attached hydrogens (tertiary/aromatic N) is 2. The summed E-state index contributed by atoms with van der Waals surface area (Å²) >= 11 is 0. The molecule has 1 fully saturated rings. The van der Waals surface area contributed by atoms with Crippen molar-refractivity contribution in [2.24, 2.45) is 0 Å². The average molecular weight is 321 g/mol. The highest BCUT2D eigenvalue weighted by Crippen LogP contribution is 2.14. The summed E-state index contributed by atoms with van der Waals surface area (Å²) in [6.45, 7) is 3.81. The van der Waals surface area contributed by atoms with Crippen molar-refractivity contribution in [2.45, 2.75) is 25.8 Å². The van der Waals surface area contributed by atoms with E-state index in [0.717, 1.165) is 37.3 Å². The molecule has 1 unspecified atom stereocenters. The van der Waals surface area contributed by atoms with E-state index in [2.05, 4.69) is 15.7 Å². The monoisotopic (exact) mass is 320 g/mol. The molecule has 2 heterocycles. The quantitative estimate of drug-likeness (QED) is 0.910. The maximum Gasteiger partial charge on any atom is 0.255 e. The molecule has 1 amide bonds. The van der Waals surface area contributed by atoms with Crippen molar-refractivity contribution in [1.82, 2.24) is 20.4 Å². The normalized spacial score (nSPS) is 17.6. The lowest BCUT2D eigenvalue weighted by Crippen LogP contribution is -2.45. The molecule has 2 aromatic rings. The second-order valence-corrected chi connectivity index (χ2v) is 5.41. The zero-order valence-electron chi connectivity index (χ0n) is 12.6. The largest absolute Gasteiger partial charge is 0.348 e.